The van der Waals surface area contributed by atoms with E-state index in [4.69, 9.17) is 0 Å². The molecule has 7 heteroatoms. The number of aromatic amines is 1. The van der Waals surface area contributed by atoms with Gasteiger partial charge in [-0.15, -0.1) is 0 Å². The average Bonchev–Trinajstić information content (AvgIpc) is 2.99. The number of carbonyl (C=O) groups is 2. The molecule has 1 heterocycles. The molecule has 0 spiro atoms. The van der Waals surface area contributed by atoms with Crippen molar-refractivity contribution in [2.24, 2.45) is 5.92 Å². The summed E-state index contributed by atoms with van der Waals surface area (Å²) in [5.41, 5.74) is 1.59. The van der Waals surface area contributed by atoms with Gasteiger partial charge in [0.05, 0.1) is 0 Å². The standard InChI is InChI=1S/C14H17N5O2/c1-9(2)13(20)18-11-5-3-4-10(6-11)7-15-14(21)12-16-8-17-19-12/h3-6,8-9H,7H2,1-2H3,(H,15,21)(H,18,20)(H,16,17,19). The van der Waals surface area contributed by atoms with Gasteiger partial charge in [-0.3, -0.25) is 14.7 Å². The van der Waals surface area contributed by atoms with Gasteiger partial charge in [0, 0.05) is 18.2 Å². The Balaban J connectivity index is 1.95. The fourth-order valence-electron chi connectivity index (χ4n) is 1.63. The van der Waals surface area contributed by atoms with E-state index in [1.54, 1.807) is 0 Å². The first-order valence-electron chi connectivity index (χ1n) is 6.59. The Kier molecular flexibility index (Phi) is 4.65. The summed E-state index contributed by atoms with van der Waals surface area (Å²) in [5, 5.41) is 11.6. The lowest BCUT2D eigenvalue weighted by molar-refractivity contribution is -0.118. The molecule has 0 aliphatic rings. The van der Waals surface area contributed by atoms with Crippen LogP contribution in [-0.4, -0.2) is 27.0 Å². The number of nitrogens with one attached hydrogen (secondary N) is 3. The first kappa shape index (κ1) is 14.7. The Bertz CT molecular complexity index is 622. The molecule has 0 unspecified atom stereocenters. The monoisotopic (exact) mass is 287 g/mol. The Morgan fingerprint density at radius 1 is 1.33 bits per heavy atom. The lowest BCUT2D eigenvalue weighted by Gasteiger charge is -2.09. The van der Waals surface area contributed by atoms with Gasteiger partial charge in [0.25, 0.3) is 5.91 Å². The van der Waals surface area contributed by atoms with E-state index in [1.165, 1.54) is 6.33 Å². The van der Waals surface area contributed by atoms with Gasteiger partial charge in [0.2, 0.25) is 11.7 Å². The fraction of sp³-hybridized carbons (Fsp3) is 0.286. The predicted molar refractivity (Wildman–Crippen MR) is 77.5 cm³/mol. The van der Waals surface area contributed by atoms with Crippen molar-refractivity contribution in [2.45, 2.75) is 20.4 Å². The Hall–Kier alpha value is -2.70. The maximum Gasteiger partial charge on any atom is 0.288 e. The van der Waals surface area contributed by atoms with Gasteiger partial charge < -0.3 is 10.6 Å². The Morgan fingerprint density at radius 3 is 2.81 bits per heavy atom. The molecular formula is C14H17N5O2. The molecule has 1 aromatic heterocycles. The van der Waals surface area contributed by atoms with Crippen LogP contribution in [0, 0.1) is 5.92 Å². The van der Waals surface area contributed by atoms with Crippen LogP contribution >= 0.6 is 0 Å². The maximum atomic E-state index is 11.7. The van der Waals surface area contributed by atoms with E-state index in [0.29, 0.717) is 12.2 Å². The summed E-state index contributed by atoms with van der Waals surface area (Å²) in [6, 6.07) is 7.32. The lowest BCUT2D eigenvalue weighted by atomic mass is 10.1. The highest BCUT2D eigenvalue weighted by molar-refractivity contribution is 5.92. The predicted octanol–water partition coefficient (Wildman–Crippen LogP) is 1.33. The third-order valence-corrected chi connectivity index (χ3v) is 2.80. The third-order valence-electron chi connectivity index (χ3n) is 2.80. The number of hydrogen-bond acceptors (Lipinski definition) is 4. The number of nitrogens with zero attached hydrogens (tertiary/aromatic N) is 2. The van der Waals surface area contributed by atoms with Crippen molar-refractivity contribution in [1.29, 1.82) is 0 Å². The smallest absolute Gasteiger partial charge is 0.288 e. The number of H-pyrrole nitrogens is 1. The third kappa shape index (κ3) is 4.13. The zero-order valence-corrected chi connectivity index (χ0v) is 11.9. The number of aromatic nitrogens is 3. The molecule has 2 amide bonds. The molecule has 0 bridgehead atoms. The second kappa shape index (κ2) is 6.65. The maximum absolute atomic E-state index is 11.7. The van der Waals surface area contributed by atoms with Crippen LogP contribution in [0.25, 0.3) is 0 Å². The van der Waals surface area contributed by atoms with Crippen molar-refractivity contribution in [2.75, 3.05) is 5.32 Å². The number of benzene rings is 1. The normalized spacial score (nSPS) is 10.4. The highest BCUT2D eigenvalue weighted by Crippen LogP contribution is 2.12. The van der Waals surface area contributed by atoms with E-state index in [1.807, 2.05) is 38.1 Å². The fourth-order valence-corrected chi connectivity index (χ4v) is 1.63. The number of anilines is 1. The minimum absolute atomic E-state index is 0.0437. The van der Waals surface area contributed by atoms with Gasteiger partial charge in [-0.25, -0.2) is 4.98 Å². The molecule has 0 aliphatic carbocycles. The summed E-state index contributed by atoms with van der Waals surface area (Å²) in [7, 11) is 0. The largest absolute Gasteiger partial charge is 0.345 e. The first-order chi connectivity index (χ1) is 10.1. The summed E-state index contributed by atoms with van der Waals surface area (Å²) in [4.78, 5) is 27.1. The van der Waals surface area contributed by atoms with Crippen LogP contribution in [0.5, 0.6) is 0 Å². The number of carbonyl (C=O) groups excluding carboxylic acids is 2. The molecule has 0 saturated heterocycles. The minimum atomic E-state index is -0.330. The molecule has 7 nitrogen and oxygen atoms in total. The van der Waals surface area contributed by atoms with Crippen molar-refractivity contribution in [3.8, 4) is 0 Å². The van der Waals surface area contributed by atoms with Crippen molar-refractivity contribution in [1.82, 2.24) is 20.5 Å². The van der Waals surface area contributed by atoms with E-state index >= 15 is 0 Å². The first-order valence-corrected chi connectivity index (χ1v) is 6.59. The van der Waals surface area contributed by atoms with Gasteiger partial charge in [0.1, 0.15) is 6.33 Å². The summed E-state index contributed by atoms with van der Waals surface area (Å²) in [6.07, 6.45) is 1.27. The van der Waals surface area contributed by atoms with E-state index < -0.39 is 0 Å². The van der Waals surface area contributed by atoms with Gasteiger partial charge in [-0.1, -0.05) is 26.0 Å². The Morgan fingerprint density at radius 2 is 2.14 bits per heavy atom. The molecule has 1 aromatic carbocycles. The molecule has 0 fully saturated rings. The van der Waals surface area contributed by atoms with Gasteiger partial charge in [-0.2, -0.15) is 5.10 Å². The van der Waals surface area contributed by atoms with Gasteiger partial charge in [-0.05, 0) is 17.7 Å². The van der Waals surface area contributed by atoms with Crippen LogP contribution in [-0.2, 0) is 11.3 Å². The van der Waals surface area contributed by atoms with E-state index in [9.17, 15) is 9.59 Å². The minimum Gasteiger partial charge on any atom is -0.345 e. The van der Waals surface area contributed by atoms with Gasteiger partial charge in [0.15, 0.2) is 0 Å². The molecule has 2 aromatic rings. The van der Waals surface area contributed by atoms with E-state index in [-0.39, 0.29) is 23.6 Å². The molecule has 0 aliphatic heterocycles. The highest BCUT2D eigenvalue weighted by atomic mass is 16.2. The quantitative estimate of drug-likeness (QED) is 0.772. The van der Waals surface area contributed by atoms with Crippen molar-refractivity contribution >= 4 is 17.5 Å². The molecular weight excluding hydrogens is 270 g/mol. The number of amides is 2. The van der Waals surface area contributed by atoms with Crippen LogP contribution in [0.3, 0.4) is 0 Å². The molecule has 2 rings (SSSR count). The van der Waals surface area contributed by atoms with Crippen LogP contribution in [0.2, 0.25) is 0 Å². The highest BCUT2D eigenvalue weighted by Gasteiger charge is 2.09. The summed E-state index contributed by atoms with van der Waals surface area (Å²) in [5.74, 6) is -0.291. The van der Waals surface area contributed by atoms with Crippen LogP contribution in [0.4, 0.5) is 5.69 Å². The molecule has 3 N–H and O–H groups in total. The lowest BCUT2D eigenvalue weighted by Crippen LogP contribution is -2.24. The number of hydrogen-bond donors (Lipinski definition) is 3. The average molecular weight is 287 g/mol. The van der Waals surface area contributed by atoms with Crippen LogP contribution < -0.4 is 10.6 Å². The van der Waals surface area contributed by atoms with Gasteiger partial charge >= 0.3 is 0 Å². The Labute approximate surface area is 122 Å². The SMILES string of the molecule is CC(C)C(=O)Nc1cccc(CNC(=O)c2ncn[nH]2)c1. The zero-order chi connectivity index (χ0) is 15.2. The van der Waals surface area contributed by atoms with E-state index in [0.717, 1.165) is 5.56 Å². The topological polar surface area (TPSA) is 99.8 Å². The number of rotatable bonds is 5. The molecule has 21 heavy (non-hydrogen) atoms. The van der Waals surface area contributed by atoms with Crippen molar-refractivity contribution in [3.63, 3.8) is 0 Å². The molecule has 0 saturated carbocycles. The summed E-state index contributed by atoms with van der Waals surface area (Å²) in [6.45, 7) is 4.00. The molecule has 0 radical (unpaired) electrons. The van der Waals surface area contributed by atoms with Crippen molar-refractivity contribution < 1.29 is 9.59 Å². The second-order valence-electron chi connectivity index (χ2n) is 4.86. The van der Waals surface area contributed by atoms with E-state index in [2.05, 4.69) is 25.8 Å². The van der Waals surface area contributed by atoms with Crippen LogP contribution in [0.1, 0.15) is 30.0 Å². The summed E-state index contributed by atoms with van der Waals surface area (Å²) < 4.78 is 0. The zero-order valence-electron chi connectivity index (χ0n) is 11.9. The van der Waals surface area contributed by atoms with Crippen molar-refractivity contribution in [3.05, 3.63) is 42.0 Å². The molecule has 110 valence electrons. The second-order valence-corrected chi connectivity index (χ2v) is 4.86. The summed E-state index contributed by atoms with van der Waals surface area (Å²) >= 11 is 0. The molecule has 0 atom stereocenters. The van der Waals surface area contributed by atoms with Crippen LogP contribution in [0.15, 0.2) is 30.6 Å².